The third-order valence-corrected chi connectivity index (χ3v) is 5.67. The van der Waals surface area contributed by atoms with Crippen molar-refractivity contribution in [3.8, 4) is 5.75 Å². The van der Waals surface area contributed by atoms with Crippen LogP contribution in [-0.2, 0) is 9.53 Å². The fourth-order valence-electron chi connectivity index (χ4n) is 3.99. The number of carbonyl (C=O) groups is 1. The smallest absolute Gasteiger partial charge is 0.265 e. The van der Waals surface area contributed by atoms with Gasteiger partial charge < -0.3 is 24.7 Å². The predicted octanol–water partition coefficient (Wildman–Crippen LogP) is 4.56. The Labute approximate surface area is 180 Å². The fraction of sp³-hybridized carbons (Fsp3) is 0.240. The topological polar surface area (TPSA) is 66.6 Å². The first-order chi connectivity index (χ1) is 15.2. The molecule has 2 N–H and O–H groups in total. The molecule has 1 fully saturated rings. The minimum atomic E-state index is -0.624. The number of ether oxygens (including phenoxy) is 2. The molecule has 1 aliphatic rings. The molecule has 158 valence electrons. The highest BCUT2D eigenvalue weighted by Crippen LogP contribution is 2.28. The molecule has 1 aliphatic heterocycles. The summed E-state index contributed by atoms with van der Waals surface area (Å²) in [7, 11) is 0. The van der Waals surface area contributed by atoms with Crippen LogP contribution in [0.4, 0.5) is 11.4 Å². The maximum absolute atomic E-state index is 12.6. The summed E-state index contributed by atoms with van der Waals surface area (Å²) < 4.78 is 11.3. The van der Waals surface area contributed by atoms with Crippen molar-refractivity contribution in [1.29, 1.82) is 0 Å². The van der Waals surface area contributed by atoms with Gasteiger partial charge in [0.05, 0.1) is 18.7 Å². The molecule has 3 aromatic carbocycles. The molecule has 2 heterocycles. The summed E-state index contributed by atoms with van der Waals surface area (Å²) in [6, 6.07) is 21.9. The van der Waals surface area contributed by atoms with Gasteiger partial charge >= 0.3 is 0 Å². The zero-order valence-corrected chi connectivity index (χ0v) is 17.4. The quantitative estimate of drug-likeness (QED) is 0.501. The lowest BCUT2D eigenvalue weighted by molar-refractivity contribution is -0.122. The summed E-state index contributed by atoms with van der Waals surface area (Å²) in [5.41, 5.74) is 3.96. The highest BCUT2D eigenvalue weighted by Gasteiger charge is 2.16. The Balaban J connectivity index is 1.24. The molecule has 31 heavy (non-hydrogen) atoms. The molecule has 1 atom stereocenters. The van der Waals surface area contributed by atoms with Gasteiger partial charge in [0.2, 0.25) is 0 Å². The van der Waals surface area contributed by atoms with Crippen molar-refractivity contribution >= 4 is 39.1 Å². The molecule has 6 heteroatoms. The molecular formula is C25H25N3O3. The van der Waals surface area contributed by atoms with Crippen LogP contribution in [0.15, 0.2) is 66.7 Å². The van der Waals surface area contributed by atoms with E-state index in [1.807, 2.05) is 54.6 Å². The van der Waals surface area contributed by atoms with E-state index in [4.69, 9.17) is 9.47 Å². The molecule has 0 radical (unpaired) electrons. The molecule has 4 aromatic rings. The number of H-pyrrole nitrogens is 1. The predicted molar refractivity (Wildman–Crippen MR) is 124 cm³/mol. The van der Waals surface area contributed by atoms with Gasteiger partial charge in [0.25, 0.3) is 5.91 Å². The number of nitrogens with zero attached hydrogens (tertiary/aromatic N) is 1. The summed E-state index contributed by atoms with van der Waals surface area (Å²) >= 11 is 0. The van der Waals surface area contributed by atoms with E-state index in [1.165, 1.54) is 5.39 Å². The van der Waals surface area contributed by atoms with E-state index in [0.29, 0.717) is 5.75 Å². The van der Waals surface area contributed by atoms with E-state index >= 15 is 0 Å². The van der Waals surface area contributed by atoms with Crippen LogP contribution >= 0.6 is 0 Å². The number of hydrogen-bond donors (Lipinski definition) is 2. The standard InChI is InChI=1S/C25H25N3O3/c1-17(25(29)26-18-6-8-19(9-7-18)28-12-14-30-15-13-28)31-20-10-11-22-21-4-2-3-5-23(21)27-24(22)16-20/h2-11,16-17,27H,12-15H2,1H3,(H,26,29)/t17-/m0/s1. The average Bonchev–Trinajstić information content (AvgIpc) is 3.18. The third-order valence-electron chi connectivity index (χ3n) is 5.67. The first-order valence-corrected chi connectivity index (χ1v) is 10.6. The molecule has 0 saturated carbocycles. The van der Waals surface area contributed by atoms with Crippen molar-refractivity contribution in [2.75, 3.05) is 36.5 Å². The Morgan fingerprint density at radius 1 is 1.00 bits per heavy atom. The monoisotopic (exact) mass is 415 g/mol. The molecular weight excluding hydrogens is 390 g/mol. The van der Waals surface area contributed by atoms with E-state index in [1.54, 1.807) is 6.92 Å². The maximum Gasteiger partial charge on any atom is 0.265 e. The zero-order valence-electron chi connectivity index (χ0n) is 17.4. The number of nitrogens with one attached hydrogen (secondary N) is 2. The molecule has 6 nitrogen and oxygen atoms in total. The van der Waals surface area contributed by atoms with E-state index < -0.39 is 6.10 Å². The molecule has 5 rings (SSSR count). The van der Waals surface area contributed by atoms with Gasteiger partial charge in [-0.2, -0.15) is 0 Å². The molecule has 0 aliphatic carbocycles. The number of aromatic amines is 1. The van der Waals surface area contributed by atoms with Gasteiger partial charge in [0.1, 0.15) is 5.75 Å². The Morgan fingerprint density at radius 3 is 2.55 bits per heavy atom. The number of fused-ring (bicyclic) bond motifs is 3. The van der Waals surface area contributed by atoms with Gasteiger partial charge in [0, 0.05) is 46.8 Å². The van der Waals surface area contributed by atoms with Crippen LogP contribution in [0, 0.1) is 0 Å². The number of anilines is 2. The second-order valence-electron chi connectivity index (χ2n) is 7.77. The van der Waals surface area contributed by atoms with Crippen LogP contribution < -0.4 is 15.0 Å². The second kappa shape index (κ2) is 8.32. The van der Waals surface area contributed by atoms with Crippen LogP contribution in [0.25, 0.3) is 21.8 Å². The number of carbonyl (C=O) groups excluding carboxylic acids is 1. The van der Waals surface area contributed by atoms with Gasteiger partial charge in [-0.3, -0.25) is 4.79 Å². The Morgan fingerprint density at radius 2 is 1.74 bits per heavy atom. The van der Waals surface area contributed by atoms with E-state index in [-0.39, 0.29) is 5.91 Å². The molecule has 1 amide bonds. The first-order valence-electron chi connectivity index (χ1n) is 10.6. The van der Waals surface area contributed by atoms with Gasteiger partial charge in [-0.15, -0.1) is 0 Å². The molecule has 1 saturated heterocycles. The molecule has 0 spiro atoms. The summed E-state index contributed by atoms with van der Waals surface area (Å²) in [6.07, 6.45) is -0.624. The number of hydrogen-bond acceptors (Lipinski definition) is 4. The number of para-hydroxylation sites is 1. The van der Waals surface area contributed by atoms with Crippen LogP contribution in [0.3, 0.4) is 0 Å². The first kappa shape index (κ1) is 19.5. The van der Waals surface area contributed by atoms with Crippen LogP contribution in [-0.4, -0.2) is 43.3 Å². The van der Waals surface area contributed by atoms with Crippen molar-refractivity contribution in [1.82, 2.24) is 4.98 Å². The minimum Gasteiger partial charge on any atom is -0.481 e. The van der Waals surface area contributed by atoms with Crippen molar-refractivity contribution in [2.24, 2.45) is 0 Å². The SMILES string of the molecule is C[C@H](Oc1ccc2c(c1)[nH]c1ccccc12)C(=O)Nc1ccc(N2CCOCC2)cc1. The van der Waals surface area contributed by atoms with E-state index in [9.17, 15) is 4.79 Å². The van der Waals surface area contributed by atoms with Crippen LogP contribution in [0.5, 0.6) is 5.75 Å². The summed E-state index contributed by atoms with van der Waals surface area (Å²) in [5.74, 6) is 0.472. The minimum absolute atomic E-state index is 0.184. The molecule has 0 unspecified atom stereocenters. The maximum atomic E-state index is 12.6. The van der Waals surface area contributed by atoms with Crippen molar-refractivity contribution < 1.29 is 14.3 Å². The van der Waals surface area contributed by atoms with Crippen LogP contribution in [0.2, 0.25) is 0 Å². The van der Waals surface area contributed by atoms with Crippen molar-refractivity contribution in [3.63, 3.8) is 0 Å². The highest BCUT2D eigenvalue weighted by atomic mass is 16.5. The highest BCUT2D eigenvalue weighted by molar-refractivity contribution is 6.07. The zero-order chi connectivity index (χ0) is 21.2. The fourth-order valence-corrected chi connectivity index (χ4v) is 3.99. The van der Waals surface area contributed by atoms with Gasteiger partial charge in [-0.1, -0.05) is 18.2 Å². The Kier molecular flexibility index (Phi) is 5.22. The Bertz CT molecular complexity index is 1210. The summed E-state index contributed by atoms with van der Waals surface area (Å²) in [6.45, 7) is 5.02. The van der Waals surface area contributed by atoms with Gasteiger partial charge in [-0.25, -0.2) is 0 Å². The lowest BCUT2D eigenvalue weighted by Crippen LogP contribution is -2.36. The lowest BCUT2D eigenvalue weighted by Gasteiger charge is -2.29. The summed E-state index contributed by atoms with van der Waals surface area (Å²) in [5, 5.41) is 5.25. The number of benzene rings is 3. The van der Waals surface area contributed by atoms with Crippen molar-refractivity contribution in [2.45, 2.75) is 13.0 Å². The number of aromatic nitrogens is 1. The van der Waals surface area contributed by atoms with E-state index in [0.717, 1.165) is 54.1 Å². The van der Waals surface area contributed by atoms with Crippen molar-refractivity contribution in [3.05, 3.63) is 66.7 Å². The number of amides is 1. The lowest BCUT2D eigenvalue weighted by atomic mass is 10.1. The largest absolute Gasteiger partial charge is 0.481 e. The normalized spacial score (nSPS) is 15.2. The second-order valence-corrected chi connectivity index (χ2v) is 7.77. The van der Waals surface area contributed by atoms with E-state index in [2.05, 4.69) is 27.3 Å². The average molecular weight is 415 g/mol. The van der Waals surface area contributed by atoms with Crippen LogP contribution in [0.1, 0.15) is 6.92 Å². The Hall–Kier alpha value is -3.51. The molecule has 1 aromatic heterocycles. The number of rotatable bonds is 5. The van der Waals surface area contributed by atoms with Gasteiger partial charge in [0.15, 0.2) is 6.10 Å². The number of morpholine rings is 1. The summed E-state index contributed by atoms with van der Waals surface area (Å²) in [4.78, 5) is 18.3. The molecule has 0 bridgehead atoms. The third kappa shape index (κ3) is 4.07. The van der Waals surface area contributed by atoms with Gasteiger partial charge in [-0.05, 0) is 49.4 Å².